The molecule has 2 rings (SSSR count). The summed E-state index contributed by atoms with van der Waals surface area (Å²) in [5.74, 6) is -0.104. The molecule has 0 radical (unpaired) electrons. The third-order valence-corrected chi connectivity index (χ3v) is 3.46. The maximum Gasteiger partial charge on any atom is 0.293 e. The Bertz CT molecular complexity index is 684. The molecule has 0 aliphatic heterocycles. The Morgan fingerprint density at radius 1 is 1.18 bits per heavy atom. The van der Waals surface area contributed by atoms with Crippen molar-refractivity contribution < 1.29 is 9.36 Å². The molecule has 5 nitrogen and oxygen atoms in total. The molecule has 0 spiro atoms. The summed E-state index contributed by atoms with van der Waals surface area (Å²) < 4.78 is 1.85. The minimum atomic E-state index is -0.327. The average molecular weight is 295 g/mol. The van der Waals surface area contributed by atoms with Crippen LogP contribution in [0.5, 0.6) is 0 Å². The van der Waals surface area contributed by atoms with Gasteiger partial charge in [-0.05, 0) is 24.3 Å². The molecule has 22 heavy (non-hydrogen) atoms. The van der Waals surface area contributed by atoms with Crippen LogP contribution in [0.15, 0.2) is 48.8 Å². The quantitative estimate of drug-likeness (QED) is 0.879. The summed E-state index contributed by atoms with van der Waals surface area (Å²) in [5.41, 5.74) is 2.33. The minimum absolute atomic E-state index is 0.104. The summed E-state index contributed by atoms with van der Waals surface area (Å²) in [7, 11) is 3.95. The molecular formula is C17H19N4O+. The van der Waals surface area contributed by atoms with Crippen LogP contribution in [-0.4, -0.2) is 20.0 Å². The summed E-state index contributed by atoms with van der Waals surface area (Å²) in [6.07, 6.45) is 3.77. The van der Waals surface area contributed by atoms with E-state index in [2.05, 4.69) is 5.32 Å². The van der Waals surface area contributed by atoms with Crippen molar-refractivity contribution in [1.82, 2.24) is 0 Å². The lowest BCUT2D eigenvalue weighted by atomic mass is 10.2. The number of hydrogen-bond acceptors (Lipinski definition) is 3. The van der Waals surface area contributed by atoms with Gasteiger partial charge in [-0.3, -0.25) is 4.79 Å². The Labute approximate surface area is 130 Å². The molecule has 0 bridgehead atoms. The minimum Gasteiger partial charge on any atom is -0.377 e. The Kier molecular flexibility index (Phi) is 4.74. The number of carbonyl (C=O) groups excluding carboxylic acids is 1. The van der Waals surface area contributed by atoms with Gasteiger partial charge < -0.3 is 10.2 Å². The van der Waals surface area contributed by atoms with Gasteiger partial charge in [-0.2, -0.15) is 9.83 Å². The summed E-state index contributed by atoms with van der Waals surface area (Å²) in [4.78, 5) is 14.3. The number of pyridine rings is 1. The molecule has 1 aromatic carbocycles. The van der Waals surface area contributed by atoms with Crippen LogP contribution in [0.4, 0.5) is 11.4 Å². The van der Waals surface area contributed by atoms with Crippen molar-refractivity contribution in [2.45, 2.75) is 13.0 Å². The molecule has 1 N–H and O–H groups in total. The predicted molar refractivity (Wildman–Crippen MR) is 85.5 cm³/mol. The molecule has 1 amide bonds. The molecule has 0 fully saturated rings. The van der Waals surface area contributed by atoms with Gasteiger partial charge >= 0.3 is 0 Å². The highest BCUT2D eigenvalue weighted by molar-refractivity contribution is 5.92. The van der Waals surface area contributed by atoms with Gasteiger partial charge in [-0.15, -0.1) is 0 Å². The van der Waals surface area contributed by atoms with E-state index in [1.165, 1.54) is 0 Å². The van der Waals surface area contributed by atoms with Gasteiger partial charge in [0, 0.05) is 44.5 Å². The van der Waals surface area contributed by atoms with E-state index in [1.54, 1.807) is 24.3 Å². The lowest BCUT2D eigenvalue weighted by Crippen LogP contribution is -2.44. The highest BCUT2D eigenvalue weighted by Crippen LogP contribution is 2.11. The van der Waals surface area contributed by atoms with E-state index in [4.69, 9.17) is 5.26 Å². The van der Waals surface area contributed by atoms with E-state index in [9.17, 15) is 4.79 Å². The number of nitriles is 1. The third-order valence-electron chi connectivity index (χ3n) is 3.46. The summed E-state index contributed by atoms with van der Waals surface area (Å²) in [6.45, 7) is 1.84. The van der Waals surface area contributed by atoms with Crippen molar-refractivity contribution in [2.24, 2.45) is 0 Å². The van der Waals surface area contributed by atoms with Gasteiger partial charge in [0.2, 0.25) is 6.04 Å². The fourth-order valence-corrected chi connectivity index (χ4v) is 2.00. The number of rotatable bonds is 4. The van der Waals surface area contributed by atoms with Crippen molar-refractivity contribution in [1.29, 1.82) is 5.26 Å². The first kappa shape index (κ1) is 15.5. The Balaban J connectivity index is 2.06. The molecular weight excluding hydrogens is 276 g/mol. The Hall–Kier alpha value is -2.87. The molecule has 0 saturated heterocycles. The highest BCUT2D eigenvalue weighted by atomic mass is 16.2. The zero-order valence-electron chi connectivity index (χ0n) is 12.9. The normalized spacial score (nSPS) is 11.4. The number of anilines is 2. The van der Waals surface area contributed by atoms with E-state index < -0.39 is 0 Å². The van der Waals surface area contributed by atoms with Crippen molar-refractivity contribution >= 4 is 17.3 Å². The second-order valence-electron chi connectivity index (χ2n) is 5.25. The fraction of sp³-hybridized carbons (Fsp3) is 0.235. The maximum absolute atomic E-state index is 12.3. The van der Waals surface area contributed by atoms with Crippen LogP contribution in [0.3, 0.4) is 0 Å². The van der Waals surface area contributed by atoms with Gasteiger partial charge in [0.05, 0.1) is 11.6 Å². The second kappa shape index (κ2) is 6.72. The average Bonchev–Trinajstić information content (AvgIpc) is 2.55. The first-order chi connectivity index (χ1) is 10.5. The fourth-order valence-electron chi connectivity index (χ4n) is 2.00. The summed E-state index contributed by atoms with van der Waals surface area (Å²) >= 11 is 0. The molecule has 0 saturated carbocycles. The van der Waals surface area contributed by atoms with Crippen LogP contribution >= 0.6 is 0 Å². The van der Waals surface area contributed by atoms with Gasteiger partial charge in [0.15, 0.2) is 12.4 Å². The van der Waals surface area contributed by atoms with Crippen molar-refractivity contribution in [3.05, 3.63) is 54.4 Å². The van der Waals surface area contributed by atoms with E-state index in [0.717, 1.165) is 5.69 Å². The number of nitrogens with one attached hydrogen (secondary N) is 1. The smallest absolute Gasteiger partial charge is 0.293 e. The molecule has 5 heteroatoms. The van der Waals surface area contributed by atoms with E-state index >= 15 is 0 Å². The van der Waals surface area contributed by atoms with Crippen LogP contribution in [0.1, 0.15) is 18.5 Å². The van der Waals surface area contributed by atoms with Crippen molar-refractivity contribution in [3.63, 3.8) is 0 Å². The lowest BCUT2D eigenvalue weighted by Gasteiger charge is -2.12. The number of carbonyl (C=O) groups is 1. The summed E-state index contributed by atoms with van der Waals surface area (Å²) in [6, 6.07) is 12.5. The Morgan fingerprint density at radius 2 is 1.77 bits per heavy atom. The first-order valence-electron chi connectivity index (χ1n) is 7.00. The Morgan fingerprint density at radius 3 is 2.27 bits per heavy atom. The molecule has 1 heterocycles. The van der Waals surface area contributed by atoms with Crippen LogP contribution in [0.2, 0.25) is 0 Å². The van der Waals surface area contributed by atoms with Crippen LogP contribution in [0.25, 0.3) is 0 Å². The largest absolute Gasteiger partial charge is 0.377 e. The number of benzene rings is 1. The van der Waals surface area contributed by atoms with Gasteiger partial charge in [-0.25, -0.2) is 0 Å². The van der Waals surface area contributed by atoms with Gasteiger partial charge in [0.1, 0.15) is 0 Å². The number of nitrogens with zero attached hydrogens (tertiary/aromatic N) is 3. The zero-order valence-corrected chi connectivity index (χ0v) is 12.9. The van der Waals surface area contributed by atoms with Gasteiger partial charge in [0.25, 0.3) is 5.91 Å². The lowest BCUT2D eigenvalue weighted by molar-refractivity contribution is -0.705. The molecule has 1 atom stereocenters. The van der Waals surface area contributed by atoms with E-state index in [1.807, 2.05) is 61.1 Å². The third kappa shape index (κ3) is 3.61. The molecule has 0 aliphatic carbocycles. The first-order valence-corrected chi connectivity index (χ1v) is 7.00. The van der Waals surface area contributed by atoms with E-state index in [-0.39, 0.29) is 11.9 Å². The van der Waals surface area contributed by atoms with Crippen LogP contribution in [-0.2, 0) is 4.79 Å². The monoisotopic (exact) mass is 295 g/mol. The number of hydrogen-bond donors (Lipinski definition) is 1. The molecule has 0 unspecified atom stereocenters. The second-order valence-corrected chi connectivity index (χ2v) is 5.25. The molecule has 2 aromatic rings. The van der Waals surface area contributed by atoms with Crippen molar-refractivity contribution in [2.75, 3.05) is 24.3 Å². The van der Waals surface area contributed by atoms with Crippen LogP contribution in [0, 0.1) is 11.3 Å². The number of amides is 1. The van der Waals surface area contributed by atoms with Gasteiger partial charge in [-0.1, -0.05) is 0 Å². The SMILES string of the molecule is C[C@H](C(=O)Nc1ccc(C#N)cc1)[n+]1ccc(N(C)C)cc1. The molecule has 112 valence electrons. The maximum atomic E-state index is 12.3. The molecule has 0 aliphatic rings. The topological polar surface area (TPSA) is 60.0 Å². The van der Waals surface area contributed by atoms with Crippen LogP contribution < -0.4 is 14.8 Å². The zero-order chi connectivity index (χ0) is 16.1. The standard InChI is InChI=1S/C17H18N4O/c1-13(21-10-8-16(9-11-21)20(2)3)17(22)19-15-6-4-14(12-18)5-7-15/h4-11,13H,1-3H3/p+1/t13-/m1/s1. The highest BCUT2D eigenvalue weighted by Gasteiger charge is 2.21. The number of aromatic nitrogens is 1. The predicted octanol–water partition coefficient (Wildman–Crippen LogP) is 2.11. The summed E-state index contributed by atoms with van der Waals surface area (Å²) in [5, 5.41) is 11.6. The van der Waals surface area contributed by atoms with Crippen molar-refractivity contribution in [3.8, 4) is 6.07 Å². The van der Waals surface area contributed by atoms with E-state index in [0.29, 0.717) is 11.3 Å². The molecule has 1 aromatic heterocycles.